The molecule has 1 saturated heterocycles. The SMILES string of the molecule is CCN1CCC(CNC(=O)c2ccnc(N)c2)C1. The molecule has 1 aromatic rings. The van der Waals surface area contributed by atoms with Gasteiger partial charge in [0, 0.05) is 24.8 Å². The first-order valence-corrected chi connectivity index (χ1v) is 6.41. The lowest BCUT2D eigenvalue weighted by atomic mass is 10.1. The normalized spacial score (nSPS) is 19.9. The highest BCUT2D eigenvalue weighted by Crippen LogP contribution is 2.14. The number of pyridine rings is 1. The monoisotopic (exact) mass is 248 g/mol. The van der Waals surface area contributed by atoms with Gasteiger partial charge in [-0.05, 0) is 37.6 Å². The molecule has 0 spiro atoms. The minimum absolute atomic E-state index is 0.0703. The van der Waals surface area contributed by atoms with Crippen molar-refractivity contribution in [1.82, 2.24) is 15.2 Å². The molecule has 1 fully saturated rings. The fourth-order valence-corrected chi connectivity index (χ4v) is 2.30. The zero-order valence-corrected chi connectivity index (χ0v) is 10.7. The molecule has 2 rings (SSSR count). The van der Waals surface area contributed by atoms with E-state index in [2.05, 4.69) is 22.1 Å². The van der Waals surface area contributed by atoms with E-state index < -0.39 is 0 Å². The highest BCUT2D eigenvalue weighted by atomic mass is 16.1. The number of aromatic nitrogens is 1. The second-order valence-electron chi connectivity index (χ2n) is 4.73. The highest BCUT2D eigenvalue weighted by molar-refractivity contribution is 5.94. The molecule has 98 valence electrons. The molecule has 1 aliphatic rings. The summed E-state index contributed by atoms with van der Waals surface area (Å²) in [5, 5.41) is 2.96. The summed E-state index contributed by atoms with van der Waals surface area (Å²) in [6, 6.07) is 3.28. The van der Waals surface area contributed by atoms with Crippen LogP contribution in [0.25, 0.3) is 0 Å². The molecule has 3 N–H and O–H groups in total. The number of carbonyl (C=O) groups excluding carboxylic acids is 1. The van der Waals surface area contributed by atoms with E-state index in [4.69, 9.17) is 5.73 Å². The van der Waals surface area contributed by atoms with E-state index in [1.54, 1.807) is 18.3 Å². The van der Waals surface area contributed by atoms with E-state index in [1.807, 2.05) is 0 Å². The maximum Gasteiger partial charge on any atom is 0.251 e. The van der Waals surface area contributed by atoms with Gasteiger partial charge >= 0.3 is 0 Å². The van der Waals surface area contributed by atoms with Gasteiger partial charge in [0.1, 0.15) is 5.82 Å². The van der Waals surface area contributed by atoms with Crippen LogP contribution in [-0.4, -0.2) is 42.0 Å². The van der Waals surface area contributed by atoms with Gasteiger partial charge in [-0.25, -0.2) is 4.98 Å². The molecule has 0 saturated carbocycles. The quantitative estimate of drug-likeness (QED) is 0.824. The van der Waals surface area contributed by atoms with Crippen molar-refractivity contribution < 1.29 is 4.79 Å². The van der Waals surface area contributed by atoms with Crippen molar-refractivity contribution in [3.63, 3.8) is 0 Å². The van der Waals surface area contributed by atoms with Crippen molar-refractivity contribution in [3.8, 4) is 0 Å². The standard InChI is InChI=1S/C13H20N4O/c1-2-17-6-4-10(9-17)8-16-13(18)11-3-5-15-12(14)7-11/h3,5,7,10H,2,4,6,8-9H2,1H3,(H2,14,15)(H,16,18). The van der Waals surface area contributed by atoms with E-state index >= 15 is 0 Å². The average Bonchev–Trinajstić information content (AvgIpc) is 2.84. The summed E-state index contributed by atoms with van der Waals surface area (Å²) in [6.45, 7) is 6.21. The number of nitrogen functional groups attached to an aromatic ring is 1. The van der Waals surface area contributed by atoms with Crippen LogP contribution in [0.4, 0.5) is 5.82 Å². The molecule has 1 unspecified atom stereocenters. The van der Waals surface area contributed by atoms with E-state index in [1.165, 1.54) is 0 Å². The van der Waals surface area contributed by atoms with Gasteiger partial charge in [-0.1, -0.05) is 6.92 Å². The fourth-order valence-electron chi connectivity index (χ4n) is 2.30. The van der Waals surface area contributed by atoms with Crippen molar-refractivity contribution in [3.05, 3.63) is 23.9 Å². The highest BCUT2D eigenvalue weighted by Gasteiger charge is 2.21. The molecule has 1 amide bonds. The Labute approximate surface area is 107 Å². The molecule has 5 heteroatoms. The summed E-state index contributed by atoms with van der Waals surface area (Å²) in [4.78, 5) is 18.2. The molecular weight excluding hydrogens is 228 g/mol. The van der Waals surface area contributed by atoms with Crippen molar-refractivity contribution in [2.24, 2.45) is 5.92 Å². The van der Waals surface area contributed by atoms with Gasteiger partial charge in [0.05, 0.1) is 0 Å². The number of nitrogens with one attached hydrogen (secondary N) is 1. The number of hydrogen-bond acceptors (Lipinski definition) is 4. The number of carbonyl (C=O) groups is 1. The van der Waals surface area contributed by atoms with Crippen molar-refractivity contribution >= 4 is 11.7 Å². The third-order valence-corrected chi connectivity index (χ3v) is 3.41. The van der Waals surface area contributed by atoms with Crippen LogP contribution in [0.2, 0.25) is 0 Å². The predicted octanol–water partition coefficient (Wildman–Crippen LogP) is 0.735. The molecule has 0 aliphatic carbocycles. The Hall–Kier alpha value is -1.62. The van der Waals surface area contributed by atoms with Gasteiger partial charge in [-0.3, -0.25) is 4.79 Å². The fraction of sp³-hybridized carbons (Fsp3) is 0.538. The maximum atomic E-state index is 11.9. The van der Waals surface area contributed by atoms with Crippen LogP contribution >= 0.6 is 0 Å². The van der Waals surface area contributed by atoms with Gasteiger partial charge in [0.2, 0.25) is 0 Å². The molecule has 1 aliphatic heterocycles. The van der Waals surface area contributed by atoms with Crippen LogP contribution in [0, 0.1) is 5.92 Å². The van der Waals surface area contributed by atoms with Gasteiger partial charge in [-0.2, -0.15) is 0 Å². The zero-order valence-electron chi connectivity index (χ0n) is 10.7. The number of anilines is 1. The third-order valence-electron chi connectivity index (χ3n) is 3.41. The number of nitrogens with zero attached hydrogens (tertiary/aromatic N) is 2. The first-order chi connectivity index (χ1) is 8.69. The molecule has 1 aromatic heterocycles. The van der Waals surface area contributed by atoms with Crippen LogP contribution in [0.15, 0.2) is 18.3 Å². The van der Waals surface area contributed by atoms with Crippen LogP contribution in [0.1, 0.15) is 23.7 Å². The van der Waals surface area contributed by atoms with Crippen LogP contribution in [0.5, 0.6) is 0 Å². The largest absolute Gasteiger partial charge is 0.384 e. The van der Waals surface area contributed by atoms with Gasteiger partial charge in [0.25, 0.3) is 5.91 Å². The smallest absolute Gasteiger partial charge is 0.251 e. The Morgan fingerprint density at radius 3 is 3.17 bits per heavy atom. The van der Waals surface area contributed by atoms with E-state index in [0.29, 0.717) is 17.3 Å². The Morgan fingerprint density at radius 1 is 1.67 bits per heavy atom. The summed E-state index contributed by atoms with van der Waals surface area (Å²) in [5.41, 5.74) is 6.13. The molecule has 0 bridgehead atoms. The Kier molecular flexibility index (Phi) is 4.15. The average molecular weight is 248 g/mol. The molecule has 2 heterocycles. The summed E-state index contributed by atoms with van der Waals surface area (Å²) < 4.78 is 0. The lowest BCUT2D eigenvalue weighted by Crippen LogP contribution is -2.31. The molecule has 0 radical (unpaired) electrons. The topological polar surface area (TPSA) is 71.2 Å². The molecular formula is C13H20N4O. The van der Waals surface area contributed by atoms with Gasteiger partial charge < -0.3 is 16.0 Å². The second-order valence-corrected chi connectivity index (χ2v) is 4.73. The Bertz CT molecular complexity index is 421. The van der Waals surface area contributed by atoms with Crippen LogP contribution in [0.3, 0.4) is 0 Å². The molecule has 5 nitrogen and oxygen atoms in total. The number of nitrogens with two attached hydrogens (primary N) is 1. The predicted molar refractivity (Wildman–Crippen MR) is 71.2 cm³/mol. The summed E-state index contributed by atoms with van der Waals surface area (Å²) in [5.74, 6) is 0.868. The van der Waals surface area contributed by atoms with Crippen LogP contribution < -0.4 is 11.1 Å². The van der Waals surface area contributed by atoms with Crippen LogP contribution in [-0.2, 0) is 0 Å². The number of rotatable bonds is 4. The van der Waals surface area contributed by atoms with Crippen molar-refractivity contribution in [1.29, 1.82) is 0 Å². The lowest BCUT2D eigenvalue weighted by molar-refractivity contribution is 0.0947. The minimum atomic E-state index is -0.0703. The third kappa shape index (κ3) is 3.20. The van der Waals surface area contributed by atoms with Gasteiger partial charge in [0.15, 0.2) is 0 Å². The first-order valence-electron chi connectivity index (χ1n) is 6.41. The number of amides is 1. The minimum Gasteiger partial charge on any atom is -0.384 e. The zero-order chi connectivity index (χ0) is 13.0. The molecule has 1 atom stereocenters. The summed E-state index contributed by atoms with van der Waals surface area (Å²) in [7, 11) is 0. The molecule has 0 aromatic carbocycles. The summed E-state index contributed by atoms with van der Waals surface area (Å²) >= 11 is 0. The number of likely N-dealkylation sites (tertiary alicyclic amines) is 1. The van der Waals surface area contributed by atoms with Crippen molar-refractivity contribution in [2.75, 3.05) is 31.9 Å². The number of hydrogen-bond donors (Lipinski definition) is 2. The molecule has 18 heavy (non-hydrogen) atoms. The maximum absolute atomic E-state index is 11.9. The van der Waals surface area contributed by atoms with Gasteiger partial charge in [-0.15, -0.1) is 0 Å². The lowest BCUT2D eigenvalue weighted by Gasteiger charge is -2.13. The second kappa shape index (κ2) is 5.82. The van der Waals surface area contributed by atoms with E-state index in [9.17, 15) is 4.79 Å². The van der Waals surface area contributed by atoms with Crippen molar-refractivity contribution in [2.45, 2.75) is 13.3 Å². The summed E-state index contributed by atoms with van der Waals surface area (Å²) in [6.07, 6.45) is 2.71. The Balaban J connectivity index is 1.82. The Morgan fingerprint density at radius 2 is 2.50 bits per heavy atom. The van der Waals surface area contributed by atoms with E-state index in [-0.39, 0.29) is 5.91 Å². The van der Waals surface area contributed by atoms with E-state index in [0.717, 1.165) is 32.6 Å². The first kappa shape index (κ1) is 12.8.